The van der Waals surface area contributed by atoms with Gasteiger partial charge in [-0.2, -0.15) is 4.89 Å². The summed E-state index contributed by atoms with van der Waals surface area (Å²) < 4.78 is 4.64. The van der Waals surface area contributed by atoms with Gasteiger partial charge in [-0.1, -0.05) is 13.3 Å². The molecule has 0 fully saturated rings. The summed E-state index contributed by atoms with van der Waals surface area (Å²) in [4.78, 5) is 28.9. The first-order valence-corrected chi connectivity index (χ1v) is 5.85. The number of hydrogen-bond acceptors (Lipinski definition) is 6. The highest BCUT2D eigenvalue weighted by Crippen LogP contribution is 2.06. The monoisotopic (exact) mass is 264 g/mol. The Labute approximate surface area is 108 Å². The molecule has 0 aromatic heterocycles. The van der Waals surface area contributed by atoms with Crippen LogP contribution in [0, 0.1) is 0 Å². The van der Waals surface area contributed by atoms with Crippen LogP contribution in [0.1, 0.15) is 54.4 Å². The Bertz CT molecular complexity index is 231. The summed E-state index contributed by atoms with van der Waals surface area (Å²) in [7, 11) is 0. The lowest BCUT2D eigenvalue weighted by Crippen LogP contribution is -2.20. The lowest BCUT2D eigenvalue weighted by molar-refractivity contribution is -0.514. The maximum Gasteiger partial charge on any atom is 0.342 e. The zero-order chi connectivity index (χ0) is 14.6. The Kier molecular flexibility index (Phi) is 11.7. The van der Waals surface area contributed by atoms with Crippen LogP contribution in [-0.4, -0.2) is 24.1 Å². The minimum absolute atomic E-state index is 0.182. The molecule has 0 unspecified atom stereocenters. The van der Waals surface area contributed by atoms with E-state index >= 15 is 0 Å². The van der Waals surface area contributed by atoms with Crippen LogP contribution >= 0.6 is 0 Å². The van der Waals surface area contributed by atoms with Crippen molar-refractivity contribution in [1.29, 1.82) is 0 Å². The number of carbonyl (C=O) groups is 2. The van der Waals surface area contributed by atoms with Gasteiger partial charge in [0.15, 0.2) is 0 Å². The molecule has 0 aromatic carbocycles. The summed E-state index contributed by atoms with van der Waals surface area (Å²) in [5, 5.41) is 4.11. The fourth-order valence-electron chi connectivity index (χ4n) is 0.527. The second-order valence-electron chi connectivity index (χ2n) is 4.53. The van der Waals surface area contributed by atoms with Crippen molar-refractivity contribution in [2.24, 2.45) is 0 Å². The SMILES string of the molecule is CC(=O)OOOC(C)(C)C.CCCCOC(C)=O. The molecule has 108 valence electrons. The van der Waals surface area contributed by atoms with Gasteiger partial charge in [-0.3, -0.25) is 9.68 Å². The number of ether oxygens (including phenoxy) is 1. The molecule has 0 saturated heterocycles. The van der Waals surface area contributed by atoms with E-state index in [9.17, 15) is 9.59 Å². The van der Waals surface area contributed by atoms with Gasteiger partial charge in [0.05, 0.1) is 12.2 Å². The quantitative estimate of drug-likeness (QED) is 0.329. The highest BCUT2D eigenvalue weighted by Gasteiger charge is 2.12. The van der Waals surface area contributed by atoms with Crippen LogP contribution in [0.2, 0.25) is 0 Å². The van der Waals surface area contributed by atoms with Crippen molar-refractivity contribution < 1.29 is 29.1 Å². The maximum atomic E-state index is 10.1. The molecule has 0 saturated carbocycles. The first kappa shape index (κ1) is 19.2. The first-order chi connectivity index (χ1) is 8.19. The van der Waals surface area contributed by atoms with E-state index in [0.717, 1.165) is 12.8 Å². The Balaban J connectivity index is 0. The van der Waals surface area contributed by atoms with E-state index in [2.05, 4.69) is 26.5 Å². The normalized spacial score (nSPS) is 10.1. The lowest BCUT2D eigenvalue weighted by Gasteiger charge is -2.14. The lowest BCUT2D eigenvalue weighted by atomic mass is 10.2. The Hall–Kier alpha value is -1.14. The second-order valence-corrected chi connectivity index (χ2v) is 4.53. The predicted octanol–water partition coefficient (Wildman–Crippen LogP) is 2.56. The molecule has 0 radical (unpaired) electrons. The van der Waals surface area contributed by atoms with E-state index in [4.69, 9.17) is 0 Å². The van der Waals surface area contributed by atoms with Gasteiger partial charge < -0.3 is 4.74 Å². The van der Waals surface area contributed by atoms with E-state index in [-0.39, 0.29) is 5.97 Å². The Morgan fingerprint density at radius 3 is 1.94 bits per heavy atom. The van der Waals surface area contributed by atoms with Crippen LogP contribution in [0.3, 0.4) is 0 Å². The summed E-state index contributed by atoms with van der Waals surface area (Å²) in [6.45, 7) is 10.6. The van der Waals surface area contributed by atoms with E-state index in [0.29, 0.717) is 6.61 Å². The van der Waals surface area contributed by atoms with Gasteiger partial charge in [0.2, 0.25) is 0 Å². The van der Waals surface area contributed by atoms with Crippen LogP contribution in [0.5, 0.6) is 0 Å². The third-order valence-electron chi connectivity index (χ3n) is 1.24. The molecule has 6 nitrogen and oxygen atoms in total. The summed E-state index contributed by atoms with van der Waals surface area (Å²) in [5.74, 6) is -0.720. The Morgan fingerprint density at radius 1 is 1.06 bits per heavy atom. The number of rotatable bonds is 5. The average molecular weight is 264 g/mol. The van der Waals surface area contributed by atoms with Gasteiger partial charge in [0.1, 0.15) is 0 Å². The molecular weight excluding hydrogens is 240 g/mol. The molecule has 0 heterocycles. The molecule has 18 heavy (non-hydrogen) atoms. The molecule has 0 amide bonds. The van der Waals surface area contributed by atoms with Crippen LogP contribution in [0.15, 0.2) is 0 Å². The van der Waals surface area contributed by atoms with Crippen LogP contribution < -0.4 is 0 Å². The topological polar surface area (TPSA) is 71.1 Å². The highest BCUT2D eigenvalue weighted by atomic mass is 17.5. The Morgan fingerprint density at radius 2 is 1.61 bits per heavy atom. The van der Waals surface area contributed by atoms with E-state index < -0.39 is 11.6 Å². The van der Waals surface area contributed by atoms with Crippen molar-refractivity contribution in [3.8, 4) is 0 Å². The van der Waals surface area contributed by atoms with E-state index in [1.165, 1.54) is 13.8 Å². The van der Waals surface area contributed by atoms with Crippen LogP contribution in [0.25, 0.3) is 0 Å². The van der Waals surface area contributed by atoms with Crippen molar-refractivity contribution in [3.63, 3.8) is 0 Å². The van der Waals surface area contributed by atoms with Crippen LogP contribution in [0.4, 0.5) is 0 Å². The molecule has 0 N–H and O–H groups in total. The summed E-state index contributed by atoms with van der Waals surface area (Å²) in [6, 6.07) is 0. The predicted molar refractivity (Wildman–Crippen MR) is 65.2 cm³/mol. The molecule has 0 bridgehead atoms. The van der Waals surface area contributed by atoms with Crippen molar-refractivity contribution in [1.82, 2.24) is 0 Å². The van der Waals surface area contributed by atoms with Gasteiger partial charge >= 0.3 is 11.9 Å². The third kappa shape index (κ3) is 24.2. The molecule has 6 heteroatoms. The summed E-state index contributed by atoms with van der Waals surface area (Å²) in [5.41, 5.74) is -0.463. The minimum atomic E-state index is -0.538. The summed E-state index contributed by atoms with van der Waals surface area (Å²) in [6.07, 6.45) is 2.05. The standard InChI is InChI=1S/C6H12O4.C6H12O2/c1-5(7)8-10-9-6(2,3)4;1-3-4-5-8-6(2)7/h1-4H3;3-5H2,1-2H3. The molecule has 0 rings (SSSR count). The maximum absolute atomic E-state index is 10.1. The number of carbonyl (C=O) groups excluding carboxylic acids is 2. The van der Waals surface area contributed by atoms with Crippen molar-refractivity contribution in [3.05, 3.63) is 0 Å². The first-order valence-electron chi connectivity index (χ1n) is 5.85. The van der Waals surface area contributed by atoms with Crippen molar-refractivity contribution in [2.45, 2.75) is 60.0 Å². The van der Waals surface area contributed by atoms with Gasteiger partial charge in [0.25, 0.3) is 0 Å². The number of esters is 1. The number of hydrogen-bond donors (Lipinski definition) is 0. The minimum Gasteiger partial charge on any atom is -0.466 e. The highest BCUT2D eigenvalue weighted by molar-refractivity contribution is 5.65. The van der Waals surface area contributed by atoms with E-state index in [1.807, 2.05) is 0 Å². The van der Waals surface area contributed by atoms with Crippen LogP contribution in [-0.2, 0) is 29.1 Å². The largest absolute Gasteiger partial charge is 0.466 e. The molecule has 0 aliphatic rings. The zero-order valence-electron chi connectivity index (χ0n) is 12.1. The molecule has 0 spiro atoms. The summed E-state index contributed by atoms with van der Waals surface area (Å²) >= 11 is 0. The van der Waals surface area contributed by atoms with Gasteiger partial charge in [-0.25, -0.2) is 4.79 Å². The average Bonchev–Trinajstić information content (AvgIpc) is 2.15. The molecule has 0 atom stereocenters. The van der Waals surface area contributed by atoms with Crippen molar-refractivity contribution >= 4 is 11.9 Å². The smallest absolute Gasteiger partial charge is 0.342 e. The van der Waals surface area contributed by atoms with E-state index in [1.54, 1.807) is 20.8 Å². The zero-order valence-corrected chi connectivity index (χ0v) is 12.1. The molecule has 0 aliphatic heterocycles. The van der Waals surface area contributed by atoms with Gasteiger partial charge in [-0.15, -0.1) is 0 Å². The fraction of sp³-hybridized carbons (Fsp3) is 0.833. The van der Waals surface area contributed by atoms with Gasteiger partial charge in [0, 0.05) is 13.8 Å². The van der Waals surface area contributed by atoms with Gasteiger partial charge in [-0.05, 0) is 32.2 Å². The second kappa shape index (κ2) is 11.0. The number of unbranched alkanes of at least 4 members (excludes halogenated alkanes) is 1. The third-order valence-corrected chi connectivity index (χ3v) is 1.24. The molecular formula is C12H24O6. The fourth-order valence-corrected chi connectivity index (χ4v) is 0.527. The molecule has 0 aliphatic carbocycles. The molecule has 0 aromatic rings. The van der Waals surface area contributed by atoms with Crippen molar-refractivity contribution in [2.75, 3.05) is 6.61 Å².